The van der Waals surface area contributed by atoms with Crippen LogP contribution in [0, 0.1) is 0 Å². The third kappa shape index (κ3) is 3.27. The number of nitrogens with zero attached hydrogens (tertiary/aromatic N) is 1. The zero-order chi connectivity index (χ0) is 16.2. The van der Waals surface area contributed by atoms with E-state index in [4.69, 9.17) is 16.3 Å². The third-order valence-corrected chi connectivity index (χ3v) is 3.67. The van der Waals surface area contributed by atoms with Gasteiger partial charge < -0.3 is 10.1 Å². The lowest BCUT2D eigenvalue weighted by Gasteiger charge is -2.10. The van der Waals surface area contributed by atoms with Crippen LogP contribution < -0.4 is 10.1 Å². The molecule has 0 atom stereocenters. The Balaban J connectivity index is 1.88. The van der Waals surface area contributed by atoms with E-state index >= 15 is 0 Å². The molecule has 0 unspecified atom stereocenters. The molecule has 1 amide bonds. The van der Waals surface area contributed by atoms with Gasteiger partial charge in [-0.05, 0) is 37.3 Å². The summed E-state index contributed by atoms with van der Waals surface area (Å²) in [5.41, 5.74) is 1.88. The van der Waals surface area contributed by atoms with E-state index in [2.05, 4.69) is 10.3 Å². The molecule has 116 valence electrons. The molecule has 0 aliphatic carbocycles. The van der Waals surface area contributed by atoms with E-state index < -0.39 is 0 Å². The zero-order valence-electron chi connectivity index (χ0n) is 12.5. The van der Waals surface area contributed by atoms with E-state index in [1.807, 2.05) is 37.3 Å². The second-order valence-corrected chi connectivity index (χ2v) is 5.32. The lowest BCUT2D eigenvalue weighted by Crippen LogP contribution is -2.12. The molecule has 1 heterocycles. The van der Waals surface area contributed by atoms with Gasteiger partial charge in [0.05, 0.1) is 22.8 Å². The van der Waals surface area contributed by atoms with Crippen molar-refractivity contribution in [2.45, 2.75) is 6.92 Å². The van der Waals surface area contributed by atoms with E-state index in [9.17, 15) is 4.79 Å². The van der Waals surface area contributed by atoms with Gasteiger partial charge in [-0.25, -0.2) is 0 Å². The minimum Gasteiger partial charge on any atom is -0.492 e. The number of pyridine rings is 1. The Bertz CT molecular complexity index is 859. The second kappa shape index (κ2) is 6.67. The Hall–Kier alpha value is -2.59. The number of halogens is 1. The Morgan fingerprint density at radius 3 is 2.83 bits per heavy atom. The molecule has 0 spiro atoms. The van der Waals surface area contributed by atoms with E-state index in [0.29, 0.717) is 28.6 Å². The average Bonchev–Trinajstić information content (AvgIpc) is 2.57. The van der Waals surface area contributed by atoms with Gasteiger partial charge in [0.1, 0.15) is 5.75 Å². The van der Waals surface area contributed by atoms with Gasteiger partial charge in [0.15, 0.2) is 0 Å². The highest BCUT2D eigenvalue weighted by Gasteiger charge is 2.11. The number of hydrogen-bond acceptors (Lipinski definition) is 3. The summed E-state index contributed by atoms with van der Waals surface area (Å²) in [7, 11) is 0. The van der Waals surface area contributed by atoms with Crippen molar-refractivity contribution in [3.05, 3.63) is 65.3 Å². The van der Waals surface area contributed by atoms with Gasteiger partial charge in [-0.2, -0.15) is 0 Å². The van der Waals surface area contributed by atoms with Crippen molar-refractivity contribution >= 4 is 34.1 Å². The molecule has 5 heteroatoms. The molecule has 3 rings (SSSR count). The third-order valence-electron chi connectivity index (χ3n) is 3.37. The van der Waals surface area contributed by atoms with Crippen LogP contribution in [0.5, 0.6) is 5.75 Å². The molecule has 2 aromatic carbocycles. The van der Waals surface area contributed by atoms with E-state index in [1.54, 1.807) is 24.4 Å². The topological polar surface area (TPSA) is 51.2 Å². The summed E-state index contributed by atoms with van der Waals surface area (Å²) in [6, 6.07) is 14.4. The SMILES string of the molecule is CCOc1ccc(C(=O)Nc2cccc3cccnc23)cc1Cl. The van der Waals surface area contributed by atoms with Gasteiger partial charge in [0.2, 0.25) is 0 Å². The number of aromatic nitrogens is 1. The Morgan fingerprint density at radius 2 is 2.04 bits per heavy atom. The van der Waals surface area contributed by atoms with Crippen LogP contribution in [0.15, 0.2) is 54.7 Å². The van der Waals surface area contributed by atoms with E-state index in [1.165, 1.54) is 0 Å². The van der Waals surface area contributed by atoms with E-state index in [-0.39, 0.29) is 5.91 Å². The maximum absolute atomic E-state index is 12.4. The minimum absolute atomic E-state index is 0.242. The molecule has 1 aromatic heterocycles. The predicted octanol–water partition coefficient (Wildman–Crippen LogP) is 4.54. The van der Waals surface area contributed by atoms with Crippen molar-refractivity contribution in [2.75, 3.05) is 11.9 Å². The zero-order valence-corrected chi connectivity index (χ0v) is 13.3. The fourth-order valence-corrected chi connectivity index (χ4v) is 2.55. The number of carbonyl (C=O) groups excluding carboxylic acids is 1. The Kier molecular flexibility index (Phi) is 4.44. The van der Waals surface area contributed by atoms with Crippen molar-refractivity contribution in [3.8, 4) is 5.75 Å². The standard InChI is InChI=1S/C18H15ClN2O2/c1-2-23-16-9-8-13(11-14(16)19)18(22)21-15-7-3-5-12-6-4-10-20-17(12)15/h3-11H,2H2,1H3,(H,21,22). The molecule has 0 fully saturated rings. The molecule has 0 radical (unpaired) electrons. The highest BCUT2D eigenvalue weighted by atomic mass is 35.5. The van der Waals surface area contributed by atoms with Crippen molar-refractivity contribution in [1.29, 1.82) is 0 Å². The Morgan fingerprint density at radius 1 is 1.22 bits per heavy atom. The van der Waals surface area contributed by atoms with Gasteiger partial charge in [-0.3, -0.25) is 9.78 Å². The van der Waals surface area contributed by atoms with Crippen molar-refractivity contribution in [3.63, 3.8) is 0 Å². The summed E-state index contributed by atoms with van der Waals surface area (Å²) < 4.78 is 5.37. The minimum atomic E-state index is -0.242. The average molecular weight is 327 g/mol. The van der Waals surface area contributed by atoms with Crippen LogP contribution in [-0.2, 0) is 0 Å². The monoisotopic (exact) mass is 326 g/mol. The Labute approximate surface area is 139 Å². The predicted molar refractivity (Wildman–Crippen MR) is 92.3 cm³/mol. The highest BCUT2D eigenvalue weighted by molar-refractivity contribution is 6.32. The summed E-state index contributed by atoms with van der Waals surface area (Å²) in [5, 5.41) is 4.26. The number of anilines is 1. The van der Waals surface area contributed by atoms with Crippen molar-refractivity contribution in [2.24, 2.45) is 0 Å². The lowest BCUT2D eigenvalue weighted by molar-refractivity contribution is 0.102. The van der Waals surface area contributed by atoms with Crippen LogP contribution in [0.4, 0.5) is 5.69 Å². The summed E-state index contributed by atoms with van der Waals surface area (Å²) in [6.45, 7) is 2.40. The number of carbonyl (C=O) groups is 1. The van der Waals surface area contributed by atoms with Crippen LogP contribution in [0.1, 0.15) is 17.3 Å². The molecular weight excluding hydrogens is 312 g/mol. The van der Waals surface area contributed by atoms with Gasteiger partial charge in [0.25, 0.3) is 5.91 Å². The van der Waals surface area contributed by atoms with Gasteiger partial charge >= 0.3 is 0 Å². The molecule has 0 aliphatic heterocycles. The quantitative estimate of drug-likeness (QED) is 0.765. The smallest absolute Gasteiger partial charge is 0.255 e. The van der Waals surface area contributed by atoms with Crippen LogP contribution in [0.25, 0.3) is 10.9 Å². The highest BCUT2D eigenvalue weighted by Crippen LogP contribution is 2.26. The largest absolute Gasteiger partial charge is 0.492 e. The molecule has 1 N–H and O–H groups in total. The summed E-state index contributed by atoms with van der Waals surface area (Å²) >= 11 is 6.13. The van der Waals surface area contributed by atoms with Gasteiger partial charge in [0, 0.05) is 17.1 Å². The molecular formula is C18H15ClN2O2. The van der Waals surface area contributed by atoms with Crippen LogP contribution >= 0.6 is 11.6 Å². The second-order valence-electron chi connectivity index (χ2n) is 4.91. The molecule has 0 saturated carbocycles. The van der Waals surface area contributed by atoms with Crippen molar-refractivity contribution in [1.82, 2.24) is 4.98 Å². The van der Waals surface area contributed by atoms with E-state index in [0.717, 1.165) is 10.9 Å². The van der Waals surface area contributed by atoms with Gasteiger partial charge in [-0.1, -0.05) is 29.8 Å². The molecule has 23 heavy (non-hydrogen) atoms. The maximum atomic E-state index is 12.4. The van der Waals surface area contributed by atoms with Crippen LogP contribution in [0.2, 0.25) is 5.02 Å². The first kappa shape index (κ1) is 15.3. The molecule has 0 aliphatic rings. The summed E-state index contributed by atoms with van der Waals surface area (Å²) in [5.74, 6) is 0.325. The number of amides is 1. The van der Waals surface area contributed by atoms with Crippen LogP contribution in [-0.4, -0.2) is 17.5 Å². The number of benzene rings is 2. The van der Waals surface area contributed by atoms with Gasteiger partial charge in [-0.15, -0.1) is 0 Å². The number of para-hydroxylation sites is 1. The molecule has 0 bridgehead atoms. The fourth-order valence-electron chi connectivity index (χ4n) is 2.31. The summed E-state index contributed by atoms with van der Waals surface area (Å²) in [6.07, 6.45) is 1.70. The normalized spacial score (nSPS) is 10.5. The number of nitrogens with one attached hydrogen (secondary N) is 1. The fraction of sp³-hybridized carbons (Fsp3) is 0.111. The number of rotatable bonds is 4. The number of fused-ring (bicyclic) bond motifs is 1. The first-order chi connectivity index (χ1) is 11.2. The molecule has 3 aromatic rings. The lowest BCUT2D eigenvalue weighted by atomic mass is 10.1. The maximum Gasteiger partial charge on any atom is 0.255 e. The summed E-state index contributed by atoms with van der Waals surface area (Å²) in [4.78, 5) is 16.8. The van der Waals surface area contributed by atoms with Crippen molar-refractivity contribution < 1.29 is 9.53 Å². The van der Waals surface area contributed by atoms with Crippen LogP contribution in [0.3, 0.4) is 0 Å². The number of hydrogen-bond donors (Lipinski definition) is 1. The first-order valence-electron chi connectivity index (χ1n) is 7.26. The number of ether oxygens (including phenoxy) is 1. The molecule has 4 nitrogen and oxygen atoms in total. The molecule has 0 saturated heterocycles. The first-order valence-corrected chi connectivity index (χ1v) is 7.64.